The van der Waals surface area contributed by atoms with E-state index in [4.69, 9.17) is 0 Å². The van der Waals surface area contributed by atoms with Crippen molar-refractivity contribution in [3.05, 3.63) is 11.1 Å². The predicted molar refractivity (Wildman–Crippen MR) is 78.4 cm³/mol. The number of rotatable bonds is 7. The number of nitrogens with zero attached hydrogens (tertiary/aromatic N) is 3. The van der Waals surface area contributed by atoms with Crippen molar-refractivity contribution in [1.82, 2.24) is 15.2 Å². The molecule has 0 radical (unpaired) electrons. The van der Waals surface area contributed by atoms with Crippen molar-refractivity contribution in [2.45, 2.75) is 26.3 Å². The van der Waals surface area contributed by atoms with Crippen LogP contribution in [0.25, 0.3) is 0 Å². The molecule has 1 N–H and O–H groups in total. The van der Waals surface area contributed by atoms with Gasteiger partial charge in [-0.05, 0) is 32.5 Å². The molecule has 1 saturated heterocycles. The SMILES string of the molecule is CCNCc1csc(N(C)CCN2CCCC2)n1. The van der Waals surface area contributed by atoms with Crippen LogP contribution in [0.4, 0.5) is 5.13 Å². The molecule has 0 atom stereocenters. The molecule has 0 bridgehead atoms. The van der Waals surface area contributed by atoms with Gasteiger partial charge in [0.25, 0.3) is 0 Å². The molecule has 1 aliphatic rings. The Morgan fingerprint density at radius 1 is 1.44 bits per heavy atom. The van der Waals surface area contributed by atoms with E-state index in [-0.39, 0.29) is 0 Å². The van der Waals surface area contributed by atoms with Crippen molar-refractivity contribution >= 4 is 16.5 Å². The highest BCUT2D eigenvalue weighted by atomic mass is 32.1. The van der Waals surface area contributed by atoms with Crippen molar-refractivity contribution in [3.63, 3.8) is 0 Å². The molecule has 1 aromatic rings. The maximum Gasteiger partial charge on any atom is 0.185 e. The van der Waals surface area contributed by atoms with E-state index in [1.165, 1.54) is 32.5 Å². The summed E-state index contributed by atoms with van der Waals surface area (Å²) in [5, 5.41) is 6.61. The highest BCUT2D eigenvalue weighted by Crippen LogP contribution is 2.19. The summed E-state index contributed by atoms with van der Waals surface area (Å²) in [5.41, 5.74) is 1.16. The van der Waals surface area contributed by atoms with Gasteiger partial charge in [0, 0.05) is 32.1 Å². The third-order valence-electron chi connectivity index (χ3n) is 3.37. The van der Waals surface area contributed by atoms with E-state index in [2.05, 4.69) is 39.5 Å². The number of aromatic nitrogens is 1. The molecule has 0 saturated carbocycles. The van der Waals surface area contributed by atoms with Crippen LogP contribution < -0.4 is 10.2 Å². The second-order valence-corrected chi connectivity index (χ2v) is 5.71. The lowest BCUT2D eigenvalue weighted by atomic mass is 10.4. The van der Waals surface area contributed by atoms with Crippen molar-refractivity contribution < 1.29 is 0 Å². The normalized spacial score (nSPS) is 16.3. The Balaban J connectivity index is 1.76. The topological polar surface area (TPSA) is 31.4 Å². The Kier molecular flexibility index (Phi) is 5.41. The van der Waals surface area contributed by atoms with E-state index in [0.717, 1.165) is 30.5 Å². The van der Waals surface area contributed by atoms with Crippen molar-refractivity contribution in [3.8, 4) is 0 Å². The van der Waals surface area contributed by atoms with Crippen molar-refractivity contribution in [2.24, 2.45) is 0 Å². The number of nitrogens with one attached hydrogen (secondary N) is 1. The molecule has 0 amide bonds. The lowest BCUT2D eigenvalue weighted by Gasteiger charge is -2.20. The fraction of sp³-hybridized carbons (Fsp3) is 0.769. The minimum atomic E-state index is 0.882. The number of likely N-dealkylation sites (tertiary alicyclic amines) is 1. The zero-order chi connectivity index (χ0) is 12.8. The van der Waals surface area contributed by atoms with Gasteiger partial charge in [0.15, 0.2) is 5.13 Å². The number of hydrogen-bond acceptors (Lipinski definition) is 5. The maximum atomic E-state index is 4.66. The van der Waals surface area contributed by atoms with Gasteiger partial charge in [-0.1, -0.05) is 6.92 Å². The number of likely N-dealkylation sites (N-methyl/N-ethyl adjacent to an activating group) is 1. The zero-order valence-corrected chi connectivity index (χ0v) is 12.3. The highest BCUT2D eigenvalue weighted by Gasteiger charge is 2.13. The van der Waals surface area contributed by atoms with Crippen LogP contribution in [0.3, 0.4) is 0 Å². The molecule has 1 aromatic heterocycles. The summed E-state index contributed by atoms with van der Waals surface area (Å²) in [7, 11) is 2.14. The average molecular weight is 268 g/mol. The Morgan fingerprint density at radius 2 is 2.22 bits per heavy atom. The summed E-state index contributed by atoms with van der Waals surface area (Å²) in [6.45, 7) is 8.79. The van der Waals surface area contributed by atoms with Crippen LogP contribution in [0.5, 0.6) is 0 Å². The van der Waals surface area contributed by atoms with E-state index >= 15 is 0 Å². The average Bonchev–Trinajstić information content (AvgIpc) is 3.04. The number of thiazole rings is 1. The lowest BCUT2D eigenvalue weighted by Crippen LogP contribution is -2.31. The van der Waals surface area contributed by atoms with Gasteiger partial charge in [0.05, 0.1) is 5.69 Å². The molecule has 2 heterocycles. The predicted octanol–water partition coefficient (Wildman–Crippen LogP) is 1.78. The summed E-state index contributed by atoms with van der Waals surface area (Å²) in [4.78, 5) is 9.48. The fourth-order valence-electron chi connectivity index (χ4n) is 2.20. The highest BCUT2D eigenvalue weighted by molar-refractivity contribution is 7.13. The molecular weight excluding hydrogens is 244 g/mol. The molecule has 102 valence electrons. The summed E-state index contributed by atoms with van der Waals surface area (Å²) in [6, 6.07) is 0. The van der Waals surface area contributed by atoms with Crippen LogP contribution in [-0.2, 0) is 6.54 Å². The van der Waals surface area contributed by atoms with Gasteiger partial charge in [0.2, 0.25) is 0 Å². The lowest BCUT2D eigenvalue weighted by molar-refractivity contribution is 0.346. The van der Waals surface area contributed by atoms with Crippen LogP contribution in [0, 0.1) is 0 Å². The van der Waals surface area contributed by atoms with Gasteiger partial charge in [0.1, 0.15) is 0 Å². The van der Waals surface area contributed by atoms with Gasteiger partial charge in [-0.15, -0.1) is 11.3 Å². The number of anilines is 1. The zero-order valence-electron chi connectivity index (χ0n) is 11.5. The van der Waals surface area contributed by atoms with Crippen LogP contribution in [0.1, 0.15) is 25.5 Å². The first-order chi connectivity index (χ1) is 8.79. The van der Waals surface area contributed by atoms with Crippen LogP contribution in [0.2, 0.25) is 0 Å². The van der Waals surface area contributed by atoms with Crippen LogP contribution in [0.15, 0.2) is 5.38 Å². The molecule has 0 aliphatic carbocycles. The molecule has 5 heteroatoms. The van der Waals surface area contributed by atoms with Crippen molar-refractivity contribution in [2.75, 3.05) is 44.7 Å². The van der Waals surface area contributed by atoms with Gasteiger partial charge < -0.3 is 15.1 Å². The first-order valence-corrected chi connectivity index (χ1v) is 7.76. The van der Waals surface area contributed by atoms with Gasteiger partial charge in [-0.2, -0.15) is 0 Å². The second-order valence-electron chi connectivity index (χ2n) is 4.87. The quantitative estimate of drug-likeness (QED) is 0.817. The van der Waals surface area contributed by atoms with E-state index in [9.17, 15) is 0 Å². The fourth-order valence-corrected chi connectivity index (χ4v) is 3.02. The second kappa shape index (κ2) is 7.07. The van der Waals surface area contributed by atoms with Crippen molar-refractivity contribution in [1.29, 1.82) is 0 Å². The van der Waals surface area contributed by atoms with Gasteiger partial charge >= 0.3 is 0 Å². The largest absolute Gasteiger partial charge is 0.350 e. The monoisotopic (exact) mass is 268 g/mol. The van der Waals surface area contributed by atoms with Gasteiger partial charge in [-0.25, -0.2) is 4.98 Å². The first-order valence-electron chi connectivity index (χ1n) is 6.88. The minimum absolute atomic E-state index is 0.882. The molecule has 1 aliphatic heterocycles. The maximum absolute atomic E-state index is 4.66. The Bertz CT molecular complexity index is 347. The molecule has 0 aromatic carbocycles. The summed E-state index contributed by atoms with van der Waals surface area (Å²) < 4.78 is 0. The summed E-state index contributed by atoms with van der Waals surface area (Å²) in [6.07, 6.45) is 2.74. The minimum Gasteiger partial charge on any atom is -0.350 e. The van der Waals surface area contributed by atoms with E-state index in [1.54, 1.807) is 11.3 Å². The summed E-state index contributed by atoms with van der Waals surface area (Å²) >= 11 is 1.75. The van der Waals surface area contributed by atoms with Crippen LogP contribution >= 0.6 is 11.3 Å². The van der Waals surface area contributed by atoms with E-state index in [0.29, 0.717) is 0 Å². The Hall–Kier alpha value is -0.650. The molecule has 1 fully saturated rings. The third kappa shape index (κ3) is 3.93. The molecule has 18 heavy (non-hydrogen) atoms. The first kappa shape index (κ1) is 13.8. The summed E-state index contributed by atoms with van der Waals surface area (Å²) in [5.74, 6) is 0. The molecular formula is C13H24N4S. The molecule has 0 unspecified atom stereocenters. The molecule has 0 spiro atoms. The molecule has 2 rings (SSSR count). The third-order valence-corrected chi connectivity index (χ3v) is 4.38. The Labute approximate surface area is 114 Å². The van der Waals surface area contributed by atoms with E-state index in [1.807, 2.05) is 0 Å². The standard InChI is InChI=1S/C13H24N4S/c1-3-14-10-12-11-18-13(15-12)16(2)8-9-17-6-4-5-7-17/h11,14H,3-10H2,1-2H3. The smallest absolute Gasteiger partial charge is 0.185 e. The van der Waals surface area contributed by atoms with E-state index < -0.39 is 0 Å². The number of hydrogen-bond donors (Lipinski definition) is 1. The van der Waals surface area contributed by atoms with Crippen LogP contribution in [-0.4, -0.2) is 49.7 Å². The Morgan fingerprint density at radius 3 is 2.94 bits per heavy atom. The molecule has 4 nitrogen and oxygen atoms in total. The van der Waals surface area contributed by atoms with Gasteiger partial charge in [-0.3, -0.25) is 0 Å².